The number of likely N-dealkylation sites (tertiary alicyclic amines) is 2. The Hall–Kier alpha value is -2.21. The van der Waals surface area contributed by atoms with Crippen molar-refractivity contribution in [1.29, 1.82) is 0 Å². The first-order valence-corrected chi connectivity index (χ1v) is 9.19. The summed E-state index contributed by atoms with van der Waals surface area (Å²) in [5, 5.41) is 0. The highest BCUT2D eigenvalue weighted by Gasteiger charge is 2.39. The minimum absolute atomic E-state index is 0.316. The number of imidazole rings is 1. The van der Waals surface area contributed by atoms with E-state index in [4.69, 9.17) is 0 Å². The molecular formula is C19H25N5O. The van der Waals surface area contributed by atoms with Gasteiger partial charge in [-0.2, -0.15) is 0 Å². The largest absolute Gasteiger partial charge is 0.348 e. The van der Waals surface area contributed by atoms with Crippen molar-refractivity contribution < 1.29 is 4.79 Å². The molecule has 2 saturated heterocycles. The van der Waals surface area contributed by atoms with Crippen LogP contribution in [0.15, 0.2) is 36.8 Å². The lowest BCUT2D eigenvalue weighted by Gasteiger charge is -2.47. The molecule has 0 aromatic carbocycles. The summed E-state index contributed by atoms with van der Waals surface area (Å²) in [5.41, 5.74) is 1.06. The number of amides is 1. The molecule has 0 saturated carbocycles. The molecule has 2 aliphatic heterocycles. The van der Waals surface area contributed by atoms with Gasteiger partial charge in [-0.25, -0.2) is 4.98 Å². The normalized spacial score (nSPS) is 24.3. The standard InChI is InChI=1S/C19H25N5O/c25-19-5-4-15-13-23(14-18-21-9-10-22-18)11-7-17(15)24(19)12-6-16-3-1-2-8-20-16/h1-3,8-10,15,17H,4-7,11-14H2,(H,21,22)/t15-,17+/m1/s1. The highest BCUT2D eigenvalue weighted by molar-refractivity contribution is 5.77. The number of nitrogens with zero attached hydrogens (tertiary/aromatic N) is 4. The third-order valence-electron chi connectivity index (χ3n) is 5.49. The maximum Gasteiger partial charge on any atom is 0.222 e. The number of aromatic nitrogens is 3. The van der Waals surface area contributed by atoms with Gasteiger partial charge in [0.2, 0.25) is 5.91 Å². The van der Waals surface area contributed by atoms with E-state index in [1.165, 1.54) is 0 Å². The van der Waals surface area contributed by atoms with Gasteiger partial charge in [0.25, 0.3) is 0 Å². The van der Waals surface area contributed by atoms with Crippen LogP contribution in [0.25, 0.3) is 0 Å². The van der Waals surface area contributed by atoms with E-state index in [9.17, 15) is 4.79 Å². The zero-order chi connectivity index (χ0) is 17.1. The summed E-state index contributed by atoms with van der Waals surface area (Å²) >= 11 is 0. The van der Waals surface area contributed by atoms with Crippen LogP contribution in [0.3, 0.4) is 0 Å². The molecular weight excluding hydrogens is 314 g/mol. The summed E-state index contributed by atoms with van der Waals surface area (Å²) in [6.45, 7) is 3.74. The van der Waals surface area contributed by atoms with Gasteiger partial charge in [-0.1, -0.05) is 6.07 Å². The van der Waals surface area contributed by atoms with Gasteiger partial charge in [-0.3, -0.25) is 14.7 Å². The molecule has 1 amide bonds. The molecule has 6 nitrogen and oxygen atoms in total. The van der Waals surface area contributed by atoms with Crippen LogP contribution < -0.4 is 0 Å². The molecule has 4 rings (SSSR count). The number of fused-ring (bicyclic) bond motifs is 1. The minimum Gasteiger partial charge on any atom is -0.348 e. The number of carbonyl (C=O) groups excluding carboxylic acids is 1. The zero-order valence-electron chi connectivity index (χ0n) is 14.5. The van der Waals surface area contributed by atoms with Crippen LogP contribution in [-0.2, 0) is 17.8 Å². The maximum absolute atomic E-state index is 12.5. The topological polar surface area (TPSA) is 65.1 Å². The van der Waals surface area contributed by atoms with Gasteiger partial charge in [0.1, 0.15) is 5.82 Å². The van der Waals surface area contributed by atoms with Gasteiger partial charge in [0.05, 0.1) is 6.54 Å². The van der Waals surface area contributed by atoms with Gasteiger partial charge in [0.15, 0.2) is 0 Å². The Bertz CT molecular complexity index is 687. The molecule has 0 radical (unpaired) electrons. The van der Waals surface area contributed by atoms with E-state index in [-0.39, 0.29) is 0 Å². The van der Waals surface area contributed by atoms with Crippen LogP contribution in [0.2, 0.25) is 0 Å². The molecule has 2 aliphatic rings. The molecule has 2 fully saturated rings. The molecule has 25 heavy (non-hydrogen) atoms. The van der Waals surface area contributed by atoms with E-state index < -0.39 is 0 Å². The molecule has 0 bridgehead atoms. The monoisotopic (exact) mass is 339 g/mol. The van der Waals surface area contributed by atoms with E-state index in [0.29, 0.717) is 24.3 Å². The van der Waals surface area contributed by atoms with E-state index in [2.05, 4.69) is 24.8 Å². The van der Waals surface area contributed by atoms with E-state index in [0.717, 1.165) is 57.0 Å². The molecule has 1 N–H and O–H groups in total. The average Bonchev–Trinajstić information content (AvgIpc) is 3.15. The Morgan fingerprint density at radius 1 is 1.20 bits per heavy atom. The molecule has 0 spiro atoms. The second kappa shape index (κ2) is 7.35. The number of hydrogen-bond donors (Lipinski definition) is 1. The smallest absolute Gasteiger partial charge is 0.222 e. The van der Waals surface area contributed by atoms with Gasteiger partial charge in [-0.15, -0.1) is 0 Å². The molecule has 6 heteroatoms. The lowest BCUT2D eigenvalue weighted by molar-refractivity contribution is -0.141. The van der Waals surface area contributed by atoms with Crippen molar-refractivity contribution >= 4 is 5.91 Å². The fourth-order valence-electron chi connectivity index (χ4n) is 4.24. The lowest BCUT2D eigenvalue weighted by atomic mass is 9.83. The molecule has 2 atom stereocenters. The Labute approximate surface area is 148 Å². The zero-order valence-corrected chi connectivity index (χ0v) is 14.5. The number of hydrogen-bond acceptors (Lipinski definition) is 4. The molecule has 2 aromatic rings. The fourth-order valence-corrected chi connectivity index (χ4v) is 4.24. The second-order valence-electron chi connectivity index (χ2n) is 7.08. The molecule has 0 unspecified atom stereocenters. The van der Waals surface area contributed by atoms with Crippen molar-refractivity contribution in [2.24, 2.45) is 5.92 Å². The second-order valence-corrected chi connectivity index (χ2v) is 7.08. The first-order valence-electron chi connectivity index (χ1n) is 9.19. The Morgan fingerprint density at radius 2 is 2.16 bits per heavy atom. The third kappa shape index (κ3) is 3.74. The maximum atomic E-state index is 12.5. The molecule has 132 valence electrons. The summed E-state index contributed by atoms with van der Waals surface area (Å²) in [6, 6.07) is 6.37. The average molecular weight is 339 g/mol. The van der Waals surface area contributed by atoms with E-state index in [1.54, 1.807) is 6.20 Å². The highest BCUT2D eigenvalue weighted by Crippen LogP contribution is 2.31. The highest BCUT2D eigenvalue weighted by atomic mass is 16.2. The predicted molar refractivity (Wildman–Crippen MR) is 94.6 cm³/mol. The lowest BCUT2D eigenvalue weighted by Crippen LogP contribution is -2.56. The van der Waals surface area contributed by atoms with Gasteiger partial charge < -0.3 is 9.88 Å². The quantitative estimate of drug-likeness (QED) is 0.903. The first kappa shape index (κ1) is 16.3. The predicted octanol–water partition coefficient (Wildman–Crippen LogP) is 1.86. The van der Waals surface area contributed by atoms with Crippen LogP contribution in [0.4, 0.5) is 0 Å². The number of rotatable bonds is 5. The van der Waals surface area contributed by atoms with Crippen molar-refractivity contribution in [2.75, 3.05) is 19.6 Å². The van der Waals surface area contributed by atoms with Gasteiger partial charge in [-0.05, 0) is 30.9 Å². The van der Waals surface area contributed by atoms with Crippen molar-refractivity contribution in [3.63, 3.8) is 0 Å². The Morgan fingerprint density at radius 3 is 2.96 bits per heavy atom. The van der Waals surface area contributed by atoms with Crippen molar-refractivity contribution in [2.45, 2.75) is 38.3 Å². The Balaban J connectivity index is 1.37. The SMILES string of the molecule is O=C1CC[C@@H]2CN(Cc3ncc[nH]3)CC[C@@H]2N1CCc1ccccn1. The van der Waals surface area contributed by atoms with Crippen LogP contribution in [0, 0.1) is 5.92 Å². The number of piperidine rings is 2. The van der Waals surface area contributed by atoms with Crippen molar-refractivity contribution in [3.8, 4) is 0 Å². The number of carbonyl (C=O) groups is 1. The number of aromatic amines is 1. The Kier molecular flexibility index (Phi) is 4.78. The van der Waals surface area contributed by atoms with E-state index >= 15 is 0 Å². The number of H-pyrrole nitrogens is 1. The van der Waals surface area contributed by atoms with Crippen LogP contribution in [0.5, 0.6) is 0 Å². The summed E-state index contributed by atoms with van der Waals surface area (Å²) in [6.07, 6.45) is 9.09. The van der Waals surface area contributed by atoms with Gasteiger partial charge >= 0.3 is 0 Å². The molecule has 0 aliphatic carbocycles. The number of pyridine rings is 1. The van der Waals surface area contributed by atoms with Crippen LogP contribution >= 0.6 is 0 Å². The van der Waals surface area contributed by atoms with Crippen LogP contribution in [-0.4, -0.2) is 56.3 Å². The summed E-state index contributed by atoms with van der Waals surface area (Å²) in [4.78, 5) is 29.0. The summed E-state index contributed by atoms with van der Waals surface area (Å²) in [7, 11) is 0. The molecule has 4 heterocycles. The third-order valence-corrected chi connectivity index (χ3v) is 5.49. The van der Waals surface area contributed by atoms with Crippen molar-refractivity contribution in [3.05, 3.63) is 48.3 Å². The van der Waals surface area contributed by atoms with Crippen molar-refractivity contribution in [1.82, 2.24) is 24.8 Å². The number of nitrogens with one attached hydrogen (secondary N) is 1. The fraction of sp³-hybridized carbons (Fsp3) is 0.526. The van der Waals surface area contributed by atoms with Gasteiger partial charge in [0, 0.05) is 62.8 Å². The molecule has 2 aromatic heterocycles. The van der Waals surface area contributed by atoms with Crippen LogP contribution in [0.1, 0.15) is 30.8 Å². The van der Waals surface area contributed by atoms with E-state index in [1.807, 2.05) is 30.6 Å². The summed E-state index contributed by atoms with van der Waals surface area (Å²) in [5.74, 6) is 1.92. The summed E-state index contributed by atoms with van der Waals surface area (Å²) < 4.78 is 0. The first-order chi connectivity index (χ1) is 12.3. The minimum atomic E-state index is 0.316.